The zero-order chi connectivity index (χ0) is 18.8. The summed E-state index contributed by atoms with van der Waals surface area (Å²) in [6.45, 7) is 6.99. The molecule has 0 aliphatic heterocycles. The van der Waals surface area contributed by atoms with Gasteiger partial charge in [0, 0.05) is 15.6 Å². The first kappa shape index (κ1) is 19.9. The zero-order valence-electron chi connectivity index (χ0n) is 14.9. The van der Waals surface area contributed by atoms with Crippen molar-refractivity contribution in [1.29, 1.82) is 0 Å². The van der Waals surface area contributed by atoms with Crippen LogP contribution in [-0.2, 0) is 11.3 Å². The van der Waals surface area contributed by atoms with Crippen molar-refractivity contribution in [1.82, 2.24) is 4.90 Å². The molecule has 7 heteroatoms. The number of hydrogen-bond acceptors (Lipinski definition) is 3. The molecule has 0 unspecified atom stereocenters. The Morgan fingerprint density at radius 3 is 2.52 bits per heavy atom. The van der Waals surface area contributed by atoms with E-state index in [4.69, 9.17) is 9.47 Å². The lowest BCUT2D eigenvalue weighted by Gasteiger charge is -2.32. The van der Waals surface area contributed by atoms with E-state index < -0.39 is 24.7 Å². The van der Waals surface area contributed by atoms with Gasteiger partial charge in [-0.15, -0.1) is 0 Å². The molecule has 1 saturated carbocycles. The maximum Gasteiger partial charge on any atom is 0.411 e. The molecular formula is C18H24BrF2NO3. The van der Waals surface area contributed by atoms with E-state index in [1.165, 1.54) is 0 Å². The topological polar surface area (TPSA) is 38.8 Å². The van der Waals surface area contributed by atoms with Crippen LogP contribution in [-0.4, -0.2) is 35.2 Å². The van der Waals surface area contributed by atoms with Crippen molar-refractivity contribution in [2.75, 3.05) is 6.61 Å². The number of carbonyl (C=O) groups is 1. The molecule has 1 aliphatic carbocycles. The van der Waals surface area contributed by atoms with Gasteiger partial charge in [-0.2, -0.15) is 0 Å². The molecule has 0 saturated heterocycles. The fourth-order valence-corrected chi connectivity index (χ4v) is 2.79. The van der Waals surface area contributed by atoms with Gasteiger partial charge in [0.25, 0.3) is 6.43 Å². The third-order valence-electron chi connectivity index (χ3n) is 3.95. The van der Waals surface area contributed by atoms with Gasteiger partial charge in [-0.05, 0) is 58.7 Å². The Hall–Kier alpha value is -1.37. The molecule has 1 aromatic rings. The van der Waals surface area contributed by atoms with E-state index in [1.54, 1.807) is 23.1 Å². The highest BCUT2D eigenvalue weighted by Gasteiger charge is 2.47. The number of ether oxygens (including phenoxy) is 2. The van der Waals surface area contributed by atoms with Gasteiger partial charge in [0.15, 0.2) is 0 Å². The van der Waals surface area contributed by atoms with Crippen LogP contribution in [0.2, 0.25) is 0 Å². The second-order valence-electron chi connectivity index (χ2n) is 7.52. The summed E-state index contributed by atoms with van der Waals surface area (Å²) in [4.78, 5) is 14.3. The van der Waals surface area contributed by atoms with Crippen LogP contribution >= 0.6 is 15.9 Å². The number of alkyl halides is 2. The fourth-order valence-electron chi connectivity index (χ4n) is 2.38. The lowest BCUT2D eigenvalue weighted by molar-refractivity contribution is 0.0122. The number of hydrogen-bond donors (Lipinski definition) is 0. The molecule has 1 aliphatic rings. The Bertz CT molecular complexity index is 627. The van der Waals surface area contributed by atoms with E-state index >= 15 is 0 Å². The molecule has 0 radical (unpaired) electrons. The van der Waals surface area contributed by atoms with E-state index in [9.17, 15) is 13.6 Å². The van der Waals surface area contributed by atoms with Crippen molar-refractivity contribution in [3.8, 4) is 5.75 Å². The van der Waals surface area contributed by atoms with Crippen LogP contribution in [0.15, 0.2) is 22.7 Å². The zero-order valence-corrected chi connectivity index (χ0v) is 16.5. The number of rotatable bonds is 6. The lowest BCUT2D eigenvalue weighted by atomic mass is 10.1. The minimum Gasteiger partial charge on any atom is -0.487 e. The van der Waals surface area contributed by atoms with E-state index in [0.29, 0.717) is 11.3 Å². The van der Waals surface area contributed by atoms with Crippen LogP contribution in [0.1, 0.15) is 46.1 Å². The molecule has 2 rings (SSSR count). The van der Waals surface area contributed by atoms with Gasteiger partial charge in [-0.1, -0.05) is 15.9 Å². The van der Waals surface area contributed by atoms with Gasteiger partial charge in [0.1, 0.15) is 18.0 Å². The van der Waals surface area contributed by atoms with Gasteiger partial charge in [-0.25, -0.2) is 13.6 Å². The van der Waals surface area contributed by atoms with Gasteiger partial charge in [-0.3, -0.25) is 4.90 Å². The molecule has 1 aromatic carbocycles. The summed E-state index contributed by atoms with van der Waals surface area (Å²) < 4.78 is 36.5. The largest absolute Gasteiger partial charge is 0.487 e. The van der Waals surface area contributed by atoms with Gasteiger partial charge < -0.3 is 9.47 Å². The maximum absolute atomic E-state index is 12.6. The smallest absolute Gasteiger partial charge is 0.411 e. The molecular weight excluding hydrogens is 396 g/mol. The molecule has 0 bridgehead atoms. The van der Waals surface area contributed by atoms with Crippen LogP contribution in [0.3, 0.4) is 0 Å². The number of nitrogens with zero attached hydrogens (tertiary/aromatic N) is 1. The normalized spacial score (nSPS) is 15.8. The Labute approximate surface area is 155 Å². The average molecular weight is 420 g/mol. The molecule has 25 heavy (non-hydrogen) atoms. The first-order chi connectivity index (χ1) is 11.5. The minimum atomic E-state index is -2.56. The Morgan fingerprint density at radius 1 is 1.36 bits per heavy atom. The molecule has 0 heterocycles. The summed E-state index contributed by atoms with van der Waals surface area (Å²) in [6.07, 6.45) is -1.20. The number of amides is 1. The molecule has 0 aromatic heterocycles. The van der Waals surface area contributed by atoms with E-state index in [0.717, 1.165) is 17.3 Å². The molecule has 0 N–H and O–H groups in total. The fraction of sp³-hybridized carbons (Fsp3) is 0.611. The quantitative estimate of drug-likeness (QED) is 0.620. The van der Waals surface area contributed by atoms with Crippen LogP contribution in [0, 0.1) is 0 Å². The monoisotopic (exact) mass is 419 g/mol. The summed E-state index contributed by atoms with van der Waals surface area (Å²) in [5.41, 5.74) is -0.216. The van der Waals surface area contributed by atoms with Crippen LogP contribution < -0.4 is 4.74 Å². The summed E-state index contributed by atoms with van der Waals surface area (Å²) in [5, 5.41) is 0. The highest BCUT2D eigenvalue weighted by Crippen LogP contribution is 2.43. The highest BCUT2D eigenvalue weighted by atomic mass is 79.9. The first-order valence-corrected chi connectivity index (χ1v) is 8.99. The molecule has 0 atom stereocenters. The lowest BCUT2D eigenvalue weighted by Crippen LogP contribution is -2.43. The van der Waals surface area contributed by atoms with Crippen LogP contribution in [0.25, 0.3) is 0 Å². The Morgan fingerprint density at radius 2 is 2.00 bits per heavy atom. The van der Waals surface area contributed by atoms with E-state index in [-0.39, 0.29) is 12.1 Å². The summed E-state index contributed by atoms with van der Waals surface area (Å²) in [6, 6.07) is 5.13. The van der Waals surface area contributed by atoms with Crippen molar-refractivity contribution < 1.29 is 23.0 Å². The molecule has 1 fully saturated rings. The van der Waals surface area contributed by atoms with Crippen molar-refractivity contribution in [3.05, 3.63) is 28.2 Å². The molecule has 4 nitrogen and oxygen atoms in total. The summed E-state index contributed by atoms with van der Waals surface area (Å²) >= 11 is 3.38. The van der Waals surface area contributed by atoms with Crippen LogP contribution in [0.5, 0.6) is 5.75 Å². The van der Waals surface area contributed by atoms with Crippen molar-refractivity contribution in [3.63, 3.8) is 0 Å². The number of carbonyl (C=O) groups excluding carboxylic acids is 1. The summed E-state index contributed by atoms with van der Waals surface area (Å²) in [5.74, 6) is 0.348. The van der Waals surface area contributed by atoms with Gasteiger partial charge >= 0.3 is 6.09 Å². The van der Waals surface area contributed by atoms with Crippen molar-refractivity contribution >= 4 is 22.0 Å². The third-order valence-corrected chi connectivity index (χ3v) is 4.45. The Kier molecular flexibility index (Phi) is 5.97. The second kappa shape index (κ2) is 7.48. The highest BCUT2D eigenvalue weighted by molar-refractivity contribution is 9.10. The maximum atomic E-state index is 12.6. The second-order valence-corrected chi connectivity index (χ2v) is 8.43. The molecule has 0 spiro atoms. The van der Waals surface area contributed by atoms with Gasteiger partial charge in [0.2, 0.25) is 0 Å². The Balaban J connectivity index is 2.23. The van der Waals surface area contributed by atoms with Crippen molar-refractivity contribution in [2.24, 2.45) is 0 Å². The summed E-state index contributed by atoms with van der Waals surface area (Å²) in [7, 11) is 0. The predicted octanol–water partition coefficient (Wildman–Crippen LogP) is 5.38. The van der Waals surface area contributed by atoms with Gasteiger partial charge in [0.05, 0.1) is 6.54 Å². The third kappa shape index (κ3) is 5.83. The van der Waals surface area contributed by atoms with Crippen LogP contribution in [0.4, 0.5) is 13.6 Å². The first-order valence-electron chi connectivity index (χ1n) is 8.20. The predicted molar refractivity (Wildman–Crippen MR) is 95.1 cm³/mol. The number of halogens is 3. The molecule has 1 amide bonds. The van der Waals surface area contributed by atoms with E-state index in [1.807, 2.05) is 27.7 Å². The average Bonchev–Trinajstić information content (AvgIpc) is 3.20. The van der Waals surface area contributed by atoms with Crippen molar-refractivity contribution in [2.45, 2.75) is 64.6 Å². The standard InChI is InChI=1S/C18H24BrF2NO3/c1-17(2,3)25-16(23)22(18(4)7-8-18)10-12-9-13(19)5-6-14(12)24-11-15(20)21/h5-6,9,15H,7-8,10-11H2,1-4H3. The van der Waals surface area contributed by atoms with E-state index in [2.05, 4.69) is 15.9 Å². The number of benzene rings is 1. The molecule has 140 valence electrons. The minimum absolute atomic E-state index is 0.240. The SMILES string of the molecule is CC(C)(C)OC(=O)N(Cc1cc(Br)ccc1OCC(F)F)C1(C)CC1.